The number of halogens is 1. The van der Waals surface area contributed by atoms with E-state index in [0.29, 0.717) is 6.54 Å². The standard InChI is InChI=1S/C10H22N4O.HI/c1-10(2,8(11)15)7-12-9(13(3)4)14(5)6;/h7H2,1-6H3,(H2,11,15);1H. The number of nitrogens with zero attached hydrogens (tertiary/aromatic N) is 3. The van der Waals surface area contributed by atoms with E-state index >= 15 is 0 Å². The van der Waals surface area contributed by atoms with Gasteiger partial charge in [0.15, 0.2) is 5.96 Å². The van der Waals surface area contributed by atoms with Crippen LogP contribution in [0.3, 0.4) is 0 Å². The zero-order chi connectivity index (χ0) is 12.2. The number of carbonyl (C=O) groups is 1. The van der Waals surface area contributed by atoms with E-state index in [2.05, 4.69) is 4.99 Å². The van der Waals surface area contributed by atoms with Gasteiger partial charge in [-0.15, -0.1) is 24.0 Å². The van der Waals surface area contributed by atoms with Gasteiger partial charge in [0.05, 0.1) is 12.0 Å². The van der Waals surface area contributed by atoms with Crippen molar-refractivity contribution in [1.82, 2.24) is 9.80 Å². The number of hydrogen-bond acceptors (Lipinski definition) is 2. The van der Waals surface area contributed by atoms with E-state index in [0.717, 1.165) is 5.96 Å². The maximum absolute atomic E-state index is 11.1. The van der Waals surface area contributed by atoms with Crippen molar-refractivity contribution in [1.29, 1.82) is 0 Å². The lowest BCUT2D eigenvalue weighted by Gasteiger charge is -2.25. The van der Waals surface area contributed by atoms with Gasteiger partial charge in [-0.05, 0) is 13.8 Å². The molecular weight excluding hydrogens is 319 g/mol. The third-order valence-electron chi connectivity index (χ3n) is 2.08. The summed E-state index contributed by atoms with van der Waals surface area (Å²) in [7, 11) is 7.65. The molecule has 0 aromatic heterocycles. The molecule has 0 atom stereocenters. The fraction of sp³-hybridized carbons (Fsp3) is 0.800. The number of primary amides is 1. The lowest BCUT2D eigenvalue weighted by molar-refractivity contribution is -0.125. The molecule has 5 nitrogen and oxygen atoms in total. The molecule has 6 heteroatoms. The molecule has 0 aromatic rings. The Labute approximate surface area is 115 Å². The highest BCUT2D eigenvalue weighted by Crippen LogP contribution is 2.14. The average Bonchev–Trinajstić information content (AvgIpc) is 2.02. The first kappa shape index (κ1) is 17.9. The average molecular weight is 342 g/mol. The first-order valence-corrected chi connectivity index (χ1v) is 4.87. The zero-order valence-electron chi connectivity index (χ0n) is 10.9. The predicted octanol–water partition coefficient (Wildman–Crippen LogP) is 0.595. The Balaban J connectivity index is 0. The van der Waals surface area contributed by atoms with Crippen molar-refractivity contribution in [2.24, 2.45) is 16.1 Å². The summed E-state index contributed by atoms with van der Waals surface area (Å²) < 4.78 is 0. The van der Waals surface area contributed by atoms with E-state index < -0.39 is 5.41 Å². The first-order valence-electron chi connectivity index (χ1n) is 4.87. The smallest absolute Gasteiger partial charge is 0.224 e. The molecule has 0 bridgehead atoms. The number of guanidine groups is 1. The molecule has 2 N–H and O–H groups in total. The van der Waals surface area contributed by atoms with Gasteiger partial charge in [0.2, 0.25) is 5.91 Å². The van der Waals surface area contributed by atoms with E-state index in [1.165, 1.54) is 0 Å². The molecule has 0 saturated carbocycles. The van der Waals surface area contributed by atoms with Crippen LogP contribution >= 0.6 is 24.0 Å². The summed E-state index contributed by atoms with van der Waals surface area (Å²) in [4.78, 5) is 19.3. The van der Waals surface area contributed by atoms with Crippen molar-refractivity contribution >= 4 is 35.8 Å². The summed E-state index contributed by atoms with van der Waals surface area (Å²) in [6, 6.07) is 0. The molecule has 0 saturated heterocycles. The summed E-state index contributed by atoms with van der Waals surface area (Å²) >= 11 is 0. The minimum Gasteiger partial charge on any atom is -0.369 e. The van der Waals surface area contributed by atoms with Crippen molar-refractivity contribution < 1.29 is 4.79 Å². The molecule has 0 aromatic carbocycles. The van der Waals surface area contributed by atoms with Gasteiger partial charge in [0.1, 0.15) is 0 Å². The molecule has 96 valence electrons. The Bertz CT molecular complexity index is 252. The molecule has 0 aliphatic rings. The molecule has 16 heavy (non-hydrogen) atoms. The van der Waals surface area contributed by atoms with Crippen LogP contribution in [-0.2, 0) is 4.79 Å². The Morgan fingerprint density at radius 1 is 1.19 bits per heavy atom. The van der Waals surface area contributed by atoms with Gasteiger partial charge in [-0.25, -0.2) is 0 Å². The molecule has 0 spiro atoms. The van der Waals surface area contributed by atoms with Crippen LogP contribution in [0.5, 0.6) is 0 Å². The molecule has 0 aliphatic carbocycles. The highest BCUT2D eigenvalue weighted by molar-refractivity contribution is 14.0. The Morgan fingerprint density at radius 3 is 1.81 bits per heavy atom. The summed E-state index contributed by atoms with van der Waals surface area (Å²) in [5, 5.41) is 0. The normalized spacial score (nSPS) is 10.1. The highest BCUT2D eigenvalue weighted by Gasteiger charge is 2.24. The van der Waals surface area contributed by atoms with Crippen molar-refractivity contribution in [3.63, 3.8) is 0 Å². The largest absolute Gasteiger partial charge is 0.369 e. The maximum Gasteiger partial charge on any atom is 0.224 e. The Morgan fingerprint density at radius 2 is 1.56 bits per heavy atom. The quantitative estimate of drug-likeness (QED) is 0.464. The van der Waals surface area contributed by atoms with Crippen molar-refractivity contribution in [3.8, 4) is 0 Å². The summed E-state index contributed by atoms with van der Waals surface area (Å²) in [5.41, 5.74) is 4.67. The molecule has 0 aliphatic heterocycles. The van der Waals surface area contributed by atoms with Gasteiger partial charge in [-0.2, -0.15) is 0 Å². The lowest BCUT2D eigenvalue weighted by Crippen LogP contribution is -2.39. The number of rotatable bonds is 3. The van der Waals surface area contributed by atoms with Gasteiger partial charge in [-0.3, -0.25) is 9.79 Å². The molecule has 0 radical (unpaired) electrons. The SMILES string of the molecule is CN(C)C(=NCC(C)(C)C(N)=O)N(C)C.I. The monoisotopic (exact) mass is 342 g/mol. The van der Waals surface area contributed by atoms with Crippen LogP contribution < -0.4 is 5.73 Å². The summed E-state index contributed by atoms with van der Waals surface area (Å²) in [5.74, 6) is 0.493. The van der Waals surface area contributed by atoms with Gasteiger partial charge >= 0.3 is 0 Å². The topological polar surface area (TPSA) is 61.9 Å². The molecule has 0 rings (SSSR count). The first-order chi connectivity index (χ1) is 6.68. The number of carbonyl (C=O) groups excluding carboxylic acids is 1. The number of amides is 1. The predicted molar refractivity (Wildman–Crippen MR) is 78.1 cm³/mol. The fourth-order valence-corrected chi connectivity index (χ4v) is 1.03. The lowest BCUT2D eigenvalue weighted by atomic mass is 9.93. The second kappa shape index (κ2) is 6.93. The van der Waals surface area contributed by atoms with Gasteiger partial charge in [0.25, 0.3) is 0 Å². The maximum atomic E-state index is 11.1. The number of nitrogens with two attached hydrogens (primary N) is 1. The van der Waals surface area contributed by atoms with Crippen molar-refractivity contribution in [2.75, 3.05) is 34.7 Å². The Hall–Kier alpha value is -0.530. The van der Waals surface area contributed by atoms with Crippen LogP contribution in [0.2, 0.25) is 0 Å². The molecule has 0 heterocycles. The van der Waals surface area contributed by atoms with Crippen LogP contribution in [0.1, 0.15) is 13.8 Å². The van der Waals surface area contributed by atoms with Crippen LogP contribution in [0.25, 0.3) is 0 Å². The molecule has 0 fully saturated rings. The minimum absolute atomic E-state index is 0. The van der Waals surface area contributed by atoms with Crippen LogP contribution in [0, 0.1) is 5.41 Å². The molecular formula is C10H23IN4O. The second-order valence-electron chi connectivity index (χ2n) is 4.65. The van der Waals surface area contributed by atoms with E-state index in [9.17, 15) is 4.79 Å². The third-order valence-corrected chi connectivity index (χ3v) is 2.08. The highest BCUT2D eigenvalue weighted by atomic mass is 127. The zero-order valence-corrected chi connectivity index (χ0v) is 13.3. The van der Waals surface area contributed by atoms with E-state index in [4.69, 9.17) is 5.73 Å². The van der Waals surface area contributed by atoms with Crippen molar-refractivity contribution in [3.05, 3.63) is 0 Å². The summed E-state index contributed by atoms with van der Waals surface area (Å²) in [6.45, 7) is 3.98. The van der Waals surface area contributed by atoms with Crippen LogP contribution in [-0.4, -0.2) is 56.4 Å². The summed E-state index contributed by atoms with van der Waals surface area (Å²) in [6.07, 6.45) is 0. The van der Waals surface area contributed by atoms with Gasteiger partial charge < -0.3 is 15.5 Å². The minimum atomic E-state index is -0.600. The van der Waals surface area contributed by atoms with Crippen LogP contribution in [0.15, 0.2) is 4.99 Å². The number of hydrogen-bond donors (Lipinski definition) is 1. The van der Waals surface area contributed by atoms with E-state index in [1.54, 1.807) is 13.8 Å². The fourth-order valence-electron chi connectivity index (χ4n) is 1.03. The van der Waals surface area contributed by atoms with Gasteiger partial charge in [0, 0.05) is 28.2 Å². The van der Waals surface area contributed by atoms with E-state index in [1.807, 2.05) is 38.0 Å². The third kappa shape index (κ3) is 5.53. The molecule has 1 amide bonds. The van der Waals surface area contributed by atoms with Crippen molar-refractivity contribution in [2.45, 2.75) is 13.8 Å². The second-order valence-corrected chi connectivity index (χ2v) is 4.65. The number of aliphatic imine (C=N–C) groups is 1. The molecule has 0 unspecified atom stereocenters. The van der Waals surface area contributed by atoms with E-state index in [-0.39, 0.29) is 29.9 Å². The van der Waals surface area contributed by atoms with Crippen LogP contribution in [0.4, 0.5) is 0 Å². The Kier molecular flexibility index (Phi) is 7.73. The van der Waals surface area contributed by atoms with Gasteiger partial charge in [-0.1, -0.05) is 0 Å².